The second kappa shape index (κ2) is 9.71. The molecule has 6 heteroatoms. The first-order valence-electron chi connectivity index (χ1n) is 11.1. The smallest absolute Gasteiger partial charge is 0.261 e. The summed E-state index contributed by atoms with van der Waals surface area (Å²) in [6.07, 6.45) is 2.49. The highest BCUT2D eigenvalue weighted by Crippen LogP contribution is 2.40. The summed E-state index contributed by atoms with van der Waals surface area (Å²) in [6, 6.07) is 20.9. The molecule has 0 spiro atoms. The highest BCUT2D eigenvalue weighted by molar-refractivity contribution is 6.99. The molecule has 172 valence electrons. The first kappa shape index (κ1) is 24.4. The summed E-state index contributed by atoms with van der Waals surface area (Å²) in [5.41, 5.74) is 0. The first-order chi connectivity index (χ1) is 15.1. The van der Waals surface area contributed by atoms with E-state index >= 15 is 0 Å². The fourth-order valence-corrected chi connectivity index (χ4v) is 9.30. The van der Waals surface area contributed by atoms with Crippen molar-refractivity contribution in [2.75, 3.05) is 0 Å². The lowest BCUT2D eigenvalue weighted by atomic mass is 10.1. The van der Waals surface area contributed by atoms with Crippen molar-refractivity contribution in [1.29, 1.82) is 0 Å². The third-order valence-corrected chi connectivity index (χ3v) is 11.0. The molecule has 0 radical (unpaired) electrons. The van der Waals surface area contributed by atoms with E-state index in [0.29, 0.717) is 6.42 Å². The molecule has 1 saturated heterocycles. The largest absolute Gasteiger partial charge is 0.411 e. The van der Waals surface area contributed by atoms with Gasteiger partial charge in [-0.05, 0) is 29.3 Å². The highest BCUT2D eigenvalue weighted by atomic mass is 28.4. The fourth-order valence-electron chi connectivity index (χ4n) is 4.61. The average Bonchev–Trinajstić information content (AvgIpc) is 3.09. The van der Waals surface area contributed by atoms with Crippen LogP contribution in [0.25, 0.3) is 0 Å². The summed E-state index contributed by atoms with van der Waals surface area (Å²) in [6.45, 7) is 14.4. The maximum Gasteiger partial charge on any atom is 0.261 e. The van der Waals surface area contributed by atoms with Gasteiger partial charge in [0.2, 0.25) is 0 Å². The second-order valence-electron chi connectivity index (χ2n) is 9.65. The van der Waals surface area contributed by atoms with Gasteiger partial charge in [0.15, 0.2) is 5.79 Å². The Labute approximate surface area is 192 Å². The number of rotatable bonds is 8. The molecule has 1 aliphatic rings. The zero-order valence-corrected chi connectivity index (χ0v) is 20.7. The van der Waals surface area contributed by atoms with E-state index in [1.807, 2.05) is 26.0 Å². The molecule has 0 aliphatic carbocycles. The van der Waals surface area contributed by atoms with E-state index < -0.39 is 20.2 Å². The lowest BCUT2D eigenvalue weighted by Crippen LogP contribution is -2.68. The normalized spacial score (nSPS) is 22.2. The molecule has 2 aromatic carbocycles. The van der Waals surface area contributed by atoms with Gasteiger partial charge in [-0.25, -0.2) is 0 Å². The monoisotopic (exact) mass is 453 g/mol. The van der Waals surface area contributed by atoms with Gasteiger partial charge in [-0.1, -0.05) is 87.5 Å². The van der Waals surface area contributed by atoms with Gasteiger partial charge in [-0.3, -0.25) is 0 Å². The Morgan fingerprint density at radius 3 is 2.03 bits per heavy atom. The summed E-state index contributed by atoms with van der Waals surface area (Å²) in [5, 5.41) is 14.6. The summed E-state index contributed by atoms with van der Waals surface area (Å²) >= 11 is 0. The molecule has 0 bridgehead atoms. The van der Waals surface area contributed by atoms with E-state index in [-0.39, 0.29) is 17.2 Å². The summed E-state index contributed by atoms with van der Waals surface area (Å²) < 4.78 is 19.6. The third kappa shape index (κ3) is 4.88. The molecular weight excluding hydrogens is 418 g/mol. The minimum Gasteiger partial charge on any atom is -0.411 e. The fraction of sp³-hybridized carbons (Fsp3) is 0.423. The Kier molecular flexibility index (Phi) is 7.40. The maximum absolute atomic E-state index is 9.21. The molecule has 3 unspecified atom stereocenters. The van der Waals surface area contributed by atoms with Crippen molar-refractivity contribution in [3.63, 3.8) is 0 Å². The van der Waals surface area contributed by atoms with Crippen molar-refractivity contribution in [2.24, 2.45) is 5.16 Å². The van der Waals surface area contributed by atoms with Crippen LogP contribution in [0.1, 0.15) is 41.0 Å². The van der Waals surface area contributed by atoms with Gasteiger partial charge in [0, 0.05) is 12.6 Å². The SMILES string of the molecule is C=CC1OC(C)(C)OC1C(C/C=N/O)O[Si](c1ccccc1)(c1ccccc1)C(C)(C)C. The van der Waals surface area contributed by atoms with Crippen LogP contribution in [-0.4, -0.2) is 43.8 Å². The molecular formula is C26H35NO4Si. The summed E-state index contributed by atoms with van der Waals surface area (Å²) in [5.74, 6) is -0.757. The Balaban J connectivity index is 2.18. The van der Waals surface area contributed by atoms with Crippen molar-refractivity contribution < 1.29 is 19.1 Å². The Morgan fingerprint density at radius 1 is 1.06 bits per heavy atom. The molecule has 3 rings (SSSR count). The number of benzene rings is 2. The lowest BCUT2D eigenvalue weighted by Gasteiger charge is -2.46. The van der Waals surface area contributed by atoms with Gasteiger partial charge in [-0.2, -0.15) is 0 Å². The Morgan fingerprint density at radius 2 is 1.59 bits per heavy atom. The Hall–Kier alpha value is -2.25. The zero-order valence-electron chi connectivity index (χ0n) is 19.7. The predicted octanol–water partition coefficient (Wildman–Crippen LogP) is 4.49. The molecule has 2 aromatic rings. The van der Waals surface area contributed by atoms with E-state index in [1.54, 1.807) is 6.08 Å². The molecule has 5 nitrogen and oxygen atoms in total. The quantitative estimate of drug-likeness (QED) is 0.210. The molecule has 0 aromatic heterocycles. The van der Waals surface area contributed by atoms with Crippen LogP contribution < -0.4 is 10.4 Å². The number of hydrogen-bond donors (Lipinski definition) is 1. The van der Waals surface area contributed by atoms with Crippen LogP contribution in [0.2, 0.25) is 5.04 Å². The Bertz CT molecular complexity index is 869. The van der Waals surface area contributed by atoms with Gasteiger partial charge in [0.1, 0.15) is 12.2 Å². The van der Waals surface area contributed by atoms with E-state index in [1.165, 1.54) is 16.6 Å². The number of hydrogen-bond acceptors (Lipinski definition) is 5. The molecule has 0 saturated carbocycles. The van der Waals surface area contributed by atoms with Crippen molar-refractivity contribution >= 4 is 24.9 Å². The van der Waals surface area contributed by atoms with Crippen LogP contribution in [-0.2, 0) is 13.9 Å². The van der Waals surface area contributed by atoms with Gasteiger partial charge < -0.3 is 19.1 Å². The van der Waals surface area contributed by atoms with Gasteiger partial charge in [0.05, 0.1) is 6.10 Å². The van der Waals surface area contributed by atoms with Crippen LogP contribution in [0.15, 0.2) is 78.5 Å². The lowest BCUT2D eigenvalue weighted by molar-refractivity contribution is -0.151. The van der Waals surface area contributed by atoms with Crippen LogP contribution >= 0.6 is 0 Å². The van der Waals surface area contributed by atoms with Crippen molar-refractivity contribution in [1.82, 2.24) is 0 Å². The van der Waals surface area contributed by atoms with E-state index in [4.69, 9.17) is 13.9 Å². The zero-order chi connectivity index (χ0) is 23.4. The van der Waals surface area contributed by atoms with E-state index in [2.05, 4.69) is 81.0 Å². The second-order valence-corrected chi connectivity index (χ2v) is 13.9. The molecule has 32 heavy (non-hydrogen) atoms. The van der Waals surface area contributed by atoms with Crippen LogP contribution in [0.4, 0.5) is 0 Å². The van der Waals surface area contributed by atoms with Crippen LogP contribution in [0, 0.1) is 0 Å². The summed E-state index contributed by atoms with van der Waals surface area (Å²) in [7, 11) is -2.83. The highest BCUT2D eigenvalue weighted by Gasteiger charge is 2.54. The maximum atomic E-state index is 9.21. The summed E-state index contributed by atoms with van der Waals surface area (Å²) in [4.78, 5) is 0. The van der Waals surface area contributed by atoms with Gasteiger partial charge >= 0.3 is 0 Å². The van der Waals surface area contributed by atoms with Gasteiger partial charge in [-0.15, -0.1) is 11.7 Å². The molecule has 1 N–H and O–H groups in total. The van der Waals surface area contributed by atoms with Crippen molar-refractivity contribution in [3.05, 3.63) is 73.3 Å². The molecule has 1 aliphatic heterocycles. The average molecular weight is 454 g/mol. The van der Waals surface area contributed by atoms with Crippen LogP contribution in [0.5, 0.6) is 0 Å². The molecule has 1 fully saturated rings. The standard InChI is InChI=1S/C26H35NO4Si/c1-7-22-24(30-26(5,6)29-22)23(18-19-27-28)31-32(25(2,3)4,20-14-10-8-11-15-20)21-16-12-9-13-17-21/h7-17,19,22-24,28H,1,18H2,2-6H3/b27-19+. The van der Waals surface area contributed by atoms with Crippen molar-refractivity contribution in [2.45, 2.75) is 70.2 Å². The molecule has 3 atom stereocenters. The van der Waals surface area contributed by atoms with E-state index in [0.717, 1.165) is 0 Å². The molecule has 1 heterocycles. The minimum absolute atomic E-state index is 0.191. The predicted molar refractivity (Wildman–Crippen MR) is 131 cm³/mol. The molecule has 0 amide bonds. The third-order valence-electron chi connectivity index (χ3n) is 5.93. The van der Waals surface area contributed by atoms with E-state index in [9.17, 15) is 5.21 Å². The van der Waals surface area contributed by atoms with Crippen LogP contribution in [0.3, 0.4) is 0 Å². The van der Waals surface area contributed by atoms with Gasteiger partial charge in [0.25, 0.3) is 8.32 Å². The first-order valence-corrected chi connectivity index (χ1v) is 13.0. The topological polar surface area (TPSA) is 60.3 Å². The number of nitrogens with zero attached hydrogens (tertiary/aromatic N) is 1. The number of oxime groups is 1. The van der Waals surface area contributed by atoms with Crippen molar-refractivity contribution in [3.8, 4) is 0 Å². The minimum atomic E-state index is -2.83. The number of ether oxygens (including phenoxy) is 2.